The van der Waals surface area contributed by atoms with Gasteiger partial charge in [0.05, 0.1) is 20.1 Å². The number of ether oxygens (including phenoxy) is 1. The van der Waals surface area contributed by atoms with Crippen LogP contribution in [0, 0.1) is 5.92 Å². The molecule has 6 heteroatoms. The van der Waals surface area contributed by atoms with E-state index in [1.165, 1.54) is 0 Å². The van der Waals surface area contributed by atoms with Gasteiger partial charge in [0.15, 0.2) is 0 Å². The van der Waals surface area contributed by atoms with Crippen LogP contribution >= 0.6 is 0 Å². The minimum absolute atomic E-state index is 0.0104. The topological polar surface area (TPSA) is 87.7 Å². The maximum Gasteiger partial charge on any atom is 0.228 e. The third-order valence-corrected chi connectivity index (χ3v) is 4.67. The van der Waals surface area contributed by atoms with E-state index in [-0.39, 0.29) is 43.2 Å². The molecule has 2 atom stereocenters. The third-order valence-electron chi connectivity index (χ3n) is 4.67. The largest absolute Gasteiger partial charge is 0.497 e. The summed E-state index contributed by atoms with van der Waals surface area (Å²) in [6.45, 7) is 0.178. The lowest BCUT2D eigenvalue weighted by Crippen LogP contribution is -2.27. The van der Waals surface area contributed by atoms with E-state index in [9.17, 15) is 9.59 Å². The Morgan fingerprint density at radius 1 is 1.19 bits per heavy atom. The van der Waals surface area contributed by atoms with Gasteiger partial charge < -0.3 is 20.5 Å². The molecule has 2 unspecified atom stereocenters. The number of benzene rings is 2. The molecule has 2 amide bonds. The zero-order valence-corrected chi connectivity index (χ0v) is 15.3. The molecule has 1 fully saturated rings. The number of carbonyl (C=O) groups is 2. The Hall–Kier alpha value is -2.86. The molecule has 2 aromatic rings. The monoisotopic (exact) mass is 368 g/mol. The van der Waals surface area contributed by atoms with Gasteiger partial charge in [0.1, 0.15) is 5.75 Å². The Morgan fingerprint density at radius 3 is 2.67 bits per heavy atom. The zero-order chi connectivity index (χ0) is 19.2. The maximum atomic E-state index is 12.5. The van der Waals surface area contributed by atoms with Gasteiger partial charge in [-0.25, -0.2) is 0 Å². The Morgan fingerprint density at radius 2 is 1.96 bits per heavy atom. The number of rotatable bonds is 8. The Bertz CT molecular complexity index is 804. The first kappa shape index (κ1) is 18.9. The Kier molecular flexibility index (Phi) is 6.08. The smallest absolute Gasteiger partial charge is 0.228 e. The fraction of sp³-hybridized carbons (Fsp3) is 0.333. The predicted molar refractivity (Wildman–Crippen MR) is 103 cm³/mol. The molecule has 3 N–H and O–H groups in total. The van der Waals surface area contributed by atoms with Crippen LogP contribution < -0.4 is 15.4 Å². The molecule has 6 nitrogen and oxygen atoms in total. The normalized spacial score (nSPS) is 17.9. The van der Waals surface area contributed by atoms with Gasteiger partial charge in [0.2, 0.25) is 11.8 Å². The fourth-order valence-corrected chi connectivity index (χ4v) is 3.11. The van der Waals surface area contributed by atoms with Crippen LogP contribution in [0.4, 0.5) is 5.69 Å². The van der Waals surface area contributed by atoms with Gasteiger partial charge in [-0.1, -0.05) is 24.3 Å². The molecular formula is C21H24N2O4. The summed E-state index contributed by atoms with van der Waals surface area (Å²) in [7, 11) is 1.64. The van der Waals surface area contributed by atoms with E-state index in [4.69, 9.17) is 9.84 Å². The quantitative estimate of drug-likeness (QED) is 0.666. The average molecular weight is 368 g/mol. The van der Waals surface area contributed by atoms with Crippen molar-refractivity contribution in [2.24, 2.45) is 5.92 Å². The van der Waals surface area contributed by atoms with E-state index in [1.807, 2.05) is 36.4 Å². The molecule has 0 aromatic heterocycles. The molecule has 0 saturated heterocycles. The van der Waals surface area contributed by atoms with Crippen molar-refractivity contribution in [1.82, 2.24) is 5.32 Å². The number of aliphatic hydroxyl groups excluding tert-OH is 1. The van der Waals surface area contributed by atoms with E-state index in [0.717, 1.165) is 29.0 Å². The second kappa shape index (κ2) is 8.68. The molecule has 1 aliphatic rings. The lowest BCUT2D eigenvalue weighted by atomic mass is 10.1. The number of hydrogen-bond donors (Lipinski definition) is 3. The number of amides is 2. The molecule has 1 aliphatic carbocycles. The van der Waals surface area contributed by atoms with Crippen molar-refractivity contribution in [1.29, 1.82) is 0 Å². The SMILES string of the molecule is COc1cccc(C2CC2C(=O)Nc2ccc(CC(=O)NCCO)cc2)c1. The first-order chi connectivity index (χ1) is 13.1. The lowest BCUT2D eigenvalue weighted by Gasteiger charge is -2.08. The minimum Gasteiger partial charge on any atom is -0.497 e. The highest BCUT2D eigenvalue weighted by atomic mass is 16.5. The van der Waals surface area contributed by atoms with Crippen molar-refractivity contribution in [3.8, 4) is 5.75 Å². The van der Waals surface area contributed by atoms with Crippen LogP contribution in [-0.4, -0.2) is 37.2 Å². The Labute approximate surface area is 158 Å². The molecule has 27 heavy (non-hydrogen) atoms. The molecule has 1 saturated carbocycles. The van der Waals surface area contributed by atoms with Crippen LogP contribution in [0.2, 0.25) is 0 Å². The molecule has 0 spiro atoms. The van der Waals surface area contributed by atoms with E-state index in [1.54, 1.807) is 19.2 Å². The van der Waals surface area contributed by atoms with Crippen molar-refractivity contribution in [2.75, 3.05) is 25.6 Å². The first-order valence-electron chi connectivity index (χ1n) is 9.02. The van der Waals surface area contributed by atoms with Crippen LogP contribution in [0.3, 0.4) is 0 Å². The predicted octanol–water partition coefficient (Wildman–Crippen LogP) is 2.09. The Balaban J connectivity index is 1.52. The average Bonchev–Trinajstić information content (AvgIpc) is 3.49. The van der Waals surface area contributed by atoms with E-state index < -0.39 is 0 Å². The van der Waals surface area contributed by atoms with Crippen molar-refractivity contribution >= 4 is 17.5 Å². The van der Waals surface area contributed by atoms with E-state index in [0.29, 0.717) is 0 Å². The summed E-state index contributed by atoms with van der Waals surface area (Å²) >= 11 is 0. The number of nitrogens with one attached hydrogen (secondary N) is 2. The zero-order valence-electron chi connectivity index (χ0n) is 15.3. The number of aliphatic hydroxyl groups is 1. The van der Waals surface area contributed by atoms with Gasteiger partial charge in [-0.2, -0.15) is 0 Å². The molecule has 0 aliphatic heterocycles. The summed E-state index contributed by atoms with van der Waals surface area (Å²) in [5.41, 5.74) is 2.69. The van der Waals surface area contributed by atoms with Gasteiger partial charge >= 0.3 is 0 Å². The summed E-state index contributed by atoms with van der Waals surface area (Å²) in [6, 6.07) is 15.1. The van der Waals surface area contributed by atoms with Crippen molar-refractivity contribution in [3.63, 3.8) is 0 Å². The van der Waals surface area contributed by atoms with Crippen LogP contribution in [0.25, 0.3) is 0 Å². The van der Waals surface area contributed by atoms with Gasteiger partial charge in [-0.15, -0.1) is 0 Å². The summed E-state index contributed by atoms with van der Waals surface area (Å²) in [4.78, 5) is 24.1. The standard InChI is InChI=1S/C21H24N2O4/c1-27-17-4-2-3-15(12-17)18-13-19(18)21(26)23-16-7-5-14(6-8-16)11-20(25)22-9-10-24/h2-8,12,18-19,24H,9-11,13H2,1H3,(H,22,25)(H,23,26). The van der Waals surface area contributed by atoms with Gasteiger partial charge in [-0.05, 0) is 47.7 Å². The molecule has 142 valence electrons. The van der Waals surface area contributed by atoms with Crippen molar-refractivity contribution in [3.05, 3.63) is 59.7 Å². The van der Waals surface area contributed by atoms with Gasteiger partial charge in [-0.3, -0.25) is 9.59 Å². The highest BCUT2D eigenvalue weighted by molar-refractivity contribution is 5.95. The van der Waals surface area contributed by atoms with Crippen LogP contribution in [0.1, 0.15) is 23.5 Å². The fourth-order valence-electron chi connectivity index (χ4n) is 3.11. The molecule has 0 heterocycles. The second-order valence-corrected chi connectivity index (χ2v) is 6.66. The summed E-state index contributed by atoms with van der Waals surface area (Å²) in [5, 5.41) is 14.3. The molecular weight excluding hydrogens is 344 g/mol. The number of carbonyl (C=O) groups excluding carboxylic acids is 2. The number of methoxy groups -OCH3 is 1. The summed E-state index contributed by atoms with van der Waals surface area (Å²) in [6.07, 6.45) is 1.08. The number of anilines is 1. The van der Waals surface area contributed by atoms with Crippen molar-refractivity contribution < 1.29 is 19.4 Å². The van der Waals surface area contributed by atoms with Crippen molar-refractivity contribution in [2.45, 2.75) is 18.8 Å². The summed E-state index contributed by atoms with van der Waals surface area (Å²) in [5.74, 6) is 0.879. The third kappa shape index (κ3) is 5.08. The van der Waals surface area contributed by atoms with Crippen LogP contribution in [0.5, 0.6) is 5.75 Å². The second-order valence-electron chi connectivity index (χ2n) is 6.66. The minimum atomic E-state index is -0.139. The lowest BCUT2D eigenvalue weighted by molar-refractivity contribution is -0.120. The highest BCUT2D eigenvalue weighted by Crippen LogP contribution is 2.48. The number of hydrogen-bond acceptors (Lipinski definition) is 4. The maximum absolute atomic E-state index is 12.5. The van der Waals surface area contributed by atoms with Gasteiger partial charge in [0.25, 0.3) is 0 Å². The van der Waals surface area contributed by atoms with Gasteiger partial charge in [0, 0.05) is 18.2 Å². The first-order valence-corrected chi connectivity index (χ1v) is 9.02. The molecule has 0 radical (unpaired) electrons. The summed E-state index contributed by atoms with van der Waals surface area (Å²) < 4.78 is 5.24. The van der Waals surface area contributed by atoms with Crippen LogP contribution in [0.15, 0.2) is 48.5 Å². The van der Waals surface area contributed by atoms with E-state index >= 15 is 0 Å². The highest BCUT2D eigenvalue weighted by Gasteiger charge is 2.44. The molecule has 0 bridgehead atoms. The molecule has 2 aromatic carbocycles. The van der Waals surface area contributed by atoms with E-state index in [2.05, 4.69) is 10.6 Å². The molecule has 3 rings (SSSR count). The van der Waals surface area contributed by atoms with Crippen LogP contribution in [-0.2, 0) is 16.0 Å².